The smallest absolute Gasteiger partial charge is 0.240 e. The quantitative estimate of drug-likeness (QED) is 0.545. The molecule has 1 rings (SSSR count). The van der Waals surface area contributed by atoms with Crippen LogP contribution in [0.3, 0.4) is 0 Å². The lowest BCUT2D eigenvalue weighted by atomic mass is 10.3. The fraction of sp³-hybridized carbons (Fsp3) is 0.500. The summed E-state index contributed by atoms with van der Waals surface area (Å²) in [5, 5.41) is 0. The molecule has 0 aliphatic carbocycles. The summed E-state index contributed by atoms with van der Waals surface area (Å²) >= 11 is 0. The van der Waals surface area contributed by atoms with Gasteiger partial charge in [-0.2, -0.15) is 0 Å². The molecule has 18 heavy (non-hydrogen) atoms. The summed E-state index contributed by atoms with van der Waals surface area (Å²) in [4.78, 5) is 0.292. The van der Waals surface area contributed by atoms with Crippen LogP contribution in [0, 0.1) is 0 Å². The minimum absolute atomic E-state index is 0.274. The van der Waals surface area contributed by atoms with E-state index in [2.05, 4.69) is 4.72 Å². The van der Waals surface area contributed by atoms with Gasteiger partial charge < -0.3 is 9.47 Å². The zero-order valence-corrected chi connectivity index (χ0v) is 11.3. The van der Waals surface area contributed by atoms with Crippen LogP contribution in [0.4, 0.5) is 0 Å². The molecule has 0 heterocycles. The Bertz CT molecular complexity index is 419. The molecule has 0 aliphatic heterocycles. The Morgan fingerprint density at radius 2 is 1.89 bits per heavy atom. The summed E-state index contributed by atoms with van der Waals surface area (Å²) in [5.74, 6) is 0. The van der Waals surface area contributed by atoms with E-state index in [9.17, 15) is 8.42 Å². The minimum Gasteiger partial charge on any atom is -0.359 e. The van der Waals surface area contributed by atoms with Crippen molar-refractivity contribution in [2.75, 3.05) is 27.1 Å². The largest absolute Gasteiger partial charge is 0.359 e. The van der Waals surface area contributed by atoms with Gasteiger partial charge in [0.1, 0.15) is 6.79 Å². The van der Waals surface area contributed by atoms with Gasteiger partial charge in [-0.05, 0) is 25.0 Å². The van der Waals surface area contributed by atoms with E-state index in [1.54, 1.807) is 37.4 Å². The summed E-state index contributed by atoms with van der Waals surface area (Å²) in [5.41, 5.74) is 0. The zero-order valence-electron chi connectivity index (χ0n) is 10.5. The zero-order chi connectivity index (χ0) is 13.3. The predicted octanol–water partition coefficient (Wildman–Crippen LogP) is 1.37. The lowest BCUT2D eigenvalue weighted by Gasteiger charge is -2.06. The van der Waals surface area contributed by atoms with Crippen molar-refractivity contribution in [3.05, 3.63) is 30.3 Å². The van der Waals surface area contributed by atoms with Crippen LogP contribution in [0.1, 0.15) is 12.8 Å². The molecule has 5 nitrogen and oxygen atoms in total. The van der Waals surface area contributed by atoms with Gasteiger partial charge in [0.15, 0.2) is 0 Å². The standard InChI is InChI=1S/C12H19NO4S/c1-16-11-17-10-6-5-9-13-18(14,15)12-7-3-2-4-8-12/h2-4,7-8,13H,5-6,9-11H2,1H3. The predicted molar refractivity (Wildman–Crippen MR) is 68.7 cm³/mol. The Morgan fingerprint density at radius 3 is 2.56 bits per heavy atom. The number of unbranched alkanes of at least 4 members (excludes halogenated alkanes) is 1. The third-order valence-corrected chi connectivity index (χ3v) is 3.74. The lowest BCUT2D eigenvalue weighted by molar-refractivity contribution is -0.0313. The Morgan fingerprint density at radius 1 is 1.17 bits per heavy atom. The summed E-state index contributed by atoms with van der Waals surface area (Å²) in [6, 6.07) is 8.33. The monoisotopic (exact) mass is 273 g/mol. The Kier molecular flexibility index (Phi) is 6.89. The van der Waals surface area contributed by atoms with Gasteiger partial charge in [0.25, 0.3) is 0 Å². The van der Waals surface area contributed by atoms with E-state index in [0.717, 1.165) is 12.8 Å². The van der Waals surface area contributed by atoms with Crippen LogP contribution >= 0.6 is 0 Å². The van der Waals surface area contributed by atoms with Crippen LogP contribution in [0.5, 0.6) is 0 Å². The van der Waals surface area contributed by atoms with Crippen LogP contribution in [0.2, 0.25) is 0 Å². The lowest BCUT2D eigenvalue weighted by Crippen LogP contribution is -2.24. The van der Waals surface area contributed by atoms with E-state index in [1.807, 2.05) is 0 Å². The fourth-order valence-corrected chi connectivity index (χ4v) is 2.46. The van der Waals surface area contributed by atoms with Gasteiger partial charge in [0.2, 0.25) is 10.0 Å². The van der Waals surface area contributed by atoms with Crippen molar-refractivity contribution in [3.63, 3.8) is 0 Å². The molecule has 1 aromatic carbocycles. The number of nitrogens with one attached hydrogen (secondary N) is 1. The molecule has 6 heteroatoms. The second-order valence-corrected chi connectivity index (χ2v) is 5.50. The summed E-state index contributed by atoms with van der Waals surface area (Å²) in [6.07, 6.45) is 1.52. The van der Waals surface area contributed by atoms with Crippen molar-refractivity contribution in [1.82, 2.24) is 4.72 Å². The van der Waals surface area contributed by atoms with Crippen molar-refractivity contribution in [3.8, 4) is 0 Å². The number of sulfonamides is 1. The van der Waals surface area contributed by atoms with Crippen LogP contribution in [-0.2, 0) is 19.5 Å². The molecule has 0 spiro atoms. The fourth-order valence-electron chi connectivity index (χ4n) is 1.36. The maximum atomic E-state index is 11.8. The number of benzene rings is 1. The SMILES string of the molecule is COCOCCCCNS(=O)(=O)c1ccccc1. The molecular weight excluding hydrogens is 254 g/mol. The van der Waals surface area contributed by atoms with Gasteiger partial charge in [-0.1, -0.05) is 18.2 Å². The van der Waals surface area contributed by atoms with Crippen LogP contribution in [0.25, 0.3) is 0 Å². The third kappa shape index (κ3) is 5.59. The number of rotatable bonds is 9. The molecule has 1 aromatic rings. The number of ether oxygens (including phenoxy) is 2. The number of methoxy groups -OCH3 is 1. The normalized spacial score (nSPS) is 11.6. The molecule has 102 valence electrons. The third-order valence-electron chi connectivity index (χ3n) is 2.26. The van der Waals surface area contributed by atoms with E-state index in [-0.39, 0.29) is 6.79 Å². The Balaban J connectivity index is 2.23. The molecule has 0 atom stereocenters. The second kappa shape index (κ2) is 8.20. The van der Waals surface area contributed by atoms with E-state index in [1.165, 1.54) is 0 Å². The molecule has 0 amide bonds. The molecule has 0 aromatic heterocycles. The molecule has 0 bridgehead atoms. The van der Waals surface area contributed by atoms with Crippen LogP contribution < -0.4 is 4.72 Å². The first-order valence-corrected chi connectivity index (χ1v) is 7.26. The summed E-state index contributed by atoms with van der Waals surface area (Å²) in [6.45, 7) is 1.25. The molecule has 0 radical (unpaired) electrons. The maximum absolute atomic E-state index is 11.8. The van der Waals surface area contributed by atoms with Gasteiger partial charge in [-0.3, -0.25) is 0 Å². The summed E-state index contributed by atoms with van der Waals surface area (Å²) < 4.78 is 36.0. The Labute approximate surface area is 108 Å². The van der Waals surface area contributed by atoms with Crippen LogP contribution in [-0.4, -0.2) is 35.5 Å². The van der Waals surface area contributed by atoms with E-state index in [4.69, 9.17) is 9.47 Å². The highest BCUT2D eigenvalue weighted by molar-refractivity contribution is 7.89. The van der Waals surface area contributed by atoms with E-state index >= 15 is 0 Å². The first kappa shape index (κ1) is 15.1. The van der Waals surface area contributed by atoms with E-state index < -0.39 is 10.0 Å². The van der Waals surface area contributed by atoms with Gasteiger partial charge in [-0.15, -0.1) is 0 Å². The second-order valence-electron chi connectivity index (χ2n) is 3.73. The van der Waals surface area contributed by atoms with Gasteiger partial charge >= 0.3 is 0 Å². The van der Waals surface area contributed by atoms with Crippen LogP contribution in [0.15, 0.2) is 35.2 Å². The molecule has 0 saturated heterocycles. The first-order valence-electron chi connectivity index (χ1n) is 5.78. The van der Waals surface area contributed by atoms with Crippen molar-refractivity contribution < 1.29 is 17.9 Å². The van der Waals surface area contributed by atoms with Crippen molar-refractivity contribution in [2.24, 2.45) is 0 Å². The van der Waals surface area contributed by atoms with E-state index in [0.29, 0.717) is 18.0 Å². The van der Waals surface area contributed by atoms with Gasteiger partial charge in [-0.25, -0.2) is 13.1 Å². The Hall–Kier alpha value is -0.950. The van der Waals surface area contributed by atoms with Crippen molar-refractivity contribution in [2.45, 2.75) is 17.7 Å². The number of hydrogen-bond acceptors (Lipinski definition) is 4. The number of hydrogen-bond donors (Lipinski definition) is 1. The average molecular weight is 273 g/mol. The summed E-state index contributed by atoms with van der Waals surface area (Å²) in [7, 11) is -1.81. The minimum atomic E-state index is -3.37. The van der Waals surface area contributed by atoms with Gasteiger partial charge in [0.05, 0.1) is 4.90 Å². The molecule has 0 fully saturated rings. The maximum Gasteiger partial charge on any atom is 0.240 e. The molecule has 1 N–H and O–H groups in total. The highest BCUT2D eigenvalue weighted by Gasteiger charge is 2.11. The molecule has 0 aliphatic rings. The highest BCUT2D eigenvalue weighted by Crippen LogP contribution is 2.06. The van der Waals surface area contributed by atoms with Crippen molar-refractivity contribution >= 4 is 10.0 Å². The van der Waals surface area contributed by atoms with Gasteiger partial charge in [0, 0.05) is 20.3 Å². The average Bonchev–Trinajstić information content (AvgIpc) is 2.39. The highest BCUT2D eigenvalue weighted by atomic mass is 32.2. The van der Waals surface area contributed by atoms with Crippen molar-refractivity contribution in [1.29, 1.82) is 0 Å². The topological polar surface area (TPSA) is 64.6 Å². The first-order chi connectivity index (χ1) is 8.67. The molecule has 0 saturated carbocycles. The molecular formula is C12H19NO4S. The molecule has 0 unspecified atom stereocenters.